The predicted octanol–water partition coefficient (Wildman–Crippen LogP) is 4.09. The van der Waals surface area contributed by atoms with Crippen molar-refractivity contribution in [2.75, 3.05) is 26.2 Å². The Morgan fingerprint density at radius 3 is 2.12 bits per heavy atom. The third-order valence-corrected chi connectivity index (χ3v) is 8.75. The van der Waals surface area contributed by atoms with Crippen molar-refractivity contribution in [1.29, 1.82) is 0 Å². The van der Waals surface area contributed by atoms with Crippen LogP contribution in [0.4, 0.5) is 0 Å². The van der Waals surface area contributed by atoms with Gasteiger partial charge in [0.15, 0.2) is 0 Å². The van der Waals surface area contributed by atoms with Crippen LogP contribution < -0.4 is 5.32 Å². The van der Waals surface area contributed by atoms with Crippen molar-refractivity contribution in [3.05, 3.63) is 64.7 Å². The average Bonchev–Trinajstić information content (AvgIpc) is 2.85. The molecule has 0 saturated carbocycles. The molecule has 4 rings (SSSR count). The molecule has 2 heterocycles. The van der Waals surface area contributed by atoms with Crippen molar-refractivity contribution in [3.8, 4) is 0 Å². The van der Waals surface area contributed by atoms with Crippen molar-refractivity contribution in [1.82, 2.24) is 14.5 Å². The van der Waals surface area contributed by atoms with Crippen molar-refractivity contribution in [2.24, 2.45) is 0 Å². The molecular formula is C26H35N3O3S. The first kappa shape index (κ1) is 23.9. The fourth-order valence-electron chi connectivity index (χ4n) is 4.69. The predicted molar refractivity (Wildman–Crippen MR) is 131 cm³/mol. The molecule has 6 nitrogen and oxygen atoms in total. The zero-order valence-corrected chi connectivity index (χ0v) is 20.4. The van der Waals surface area contributed by atoms with Gasteiger partial charge in [-0.25, -0.2) is 8.42 Å². The van der Waals surface area contributed by atoms with E-state index in [0.29, 0.717) is 30.8 Å². The van der Waals surface area contributed by atoms with Crippen LogP contribution in [0, 0.1) is 6.92 Å². The lowest BCUT2D eigenvalue weighted by Crippen LogP contribution is -2.36. The number of nitrogens with one attached hydrogen (secondary N) is 1. The molecule has 0 aliphatic carbocycles. The van der Waals surface area contributed by atoms with E-state index in [-0.39, 0.29) is 10.8 Å². The second-order valence-corrected chi connectivity index (χ2v) is 11.2. The molecule has 33 heavy (non-hydrogen) atoms. The SMILES string of the molecule is Cc1ccc(C(=O)NCc2ccc(CN3CCCCC3)cc2)cc1S(=O)(=O)N1CCCCC1. The van der Waals surface area contributed by atoms with Gasteiger partial charge in [0.2, 0.25) is 10.0 Å². The highest BCUT2D eigenvalue weighted by Gasteiger charge is 2.28. The molecule has 7 heteroatoms. The number of rotatable bonds is 7. The van der Waals surface area contributed by atoms with Gasteiger partial charge < -0.3 is 5.32 Å². The maximum Gasteiger partial charge on any atom is 0.251 e. The Balaban J connectivity index is 1.38. The van der Waals surface area contributed by atoms with Crippen LogP contribution in [0.3, 0.4) is 0 Å². The van der Waals surface area contributed by atoms with Gasteiger partial charge in [0.1, 0.15) is 0 Å². The van der Waals surface area contributed by atoms with Crippen molar-refractivity contribution < 1.29 is 13.2 Å². The molecule has 0 bridgehead atoms. The molecule has 2 aliphatic rings. The third-order valence-electron chi connectivity index (χ3n) is 6.71. The number of hydrogen-bond acceptors (Lipinski definition) is 4. The van der Waals surface area contributed by atoms with Gasteiger partial charge in [-0.1, -0.05) is 43.2 Å². The highest BCUT2D eigenvalue weighted by Crippen LogP contribution is 2.24. The minimum atomic E-state index is -3.58. The van der Waals surface area contributed by atoms with Crippen molar-refractivity contribution >= 4 is 15.9 Å². The number of amides is 1. The van der Waals surface area contributed by atoms with E-state index in [1.54, 1.807) is 23.4 Å². The lowest BCUT2D eigenvalue weighted by atomic mass is 10.1. The van der Waals surface area contributed by atoms with Crippen molar-refractivity contribution in [3.63, 3.8) is 0 Å². The second kappa shape index (κ2) is 10.8. The fraction of sp³-hybridized carbons (Fsp3) is 0.500. The molecule has 0 radical (unpaired) electrons. The number of likely N-dealkylation sites (tertiary alicyclic amines) is 1. The Labute approximate surface area is 198 Å². The number of piperidine rings is 2. The Morgan fingerprint density at radius 2 is 1.45 bits per heavy atom. The van der Waals surface area contributed by atoms with Crippen LogP contribution in [-0.2, 0) is 23.1 Å². The Hall–Kier alpha value is -2.22. The molecular weight excluding hydrogens is 434 g/mol. The Bertz CT molecular complexity index is 1050. The first-order valence-corrected chi connectivity index (χ1v) is 13.6. The second-order valence-electron chi connectivity index (χ2n) is 9.28. The van der Waals surface area contributed by atoms with Crippen LogP contribution >= 0.6 is 0 Å². The van der Waals surface area contributed by atoms with E-state index < -0.39 is 10.0 Å². The van der Waals surface area contributed by atoms with Gasteiger partial charge >= 0.3 is 0 Å². The lowest BCUT2D eigenvalue weighted by Gasteiger charge is -2.26. The summed E-state index contributed by atoms with van der Waals surface area (Å²) in [5.41, 5.74) is 3.36. The number of hydrogen-bond donors (Lipinski definition) is 1. The summed E-state index contributed by atoms with van der Waals surface area (Å²) in [4.78, 5) is 15.5. The molecule has 0 aromatic heterocycles. The minimum absolute atomic E-state index is 0.235. The lowest BCUT2D eigenvalue weighted by molar-refractivity contribution is 0.0950. The van der Waals surface area contributed by atoms with Gasteiger partial charge in [0.05, 0.1) is 4.90 Å². The van der Waals surface area contributed by atoms with E-state index >= 15 is 0 Å². The molecule has 2 fully saturated rings. The molecule has 2 aromatic carbocycles. The smallest absolute Gasteiger partial charge is 0.251 e. The number of carbonyl (C=O) groups is 1. The zero-order valence-electron chi connectivity index (χ0n) is 19.6. The molecule has 2 saturated heterocycles. The first-order chi connectivity index (χ1) is 15.9. The quantitative estimate of drug-likeness (QED) is 0.663. The topological polar surface area (TPSA) is 69.7 Å². The van der Waals surface area contributed by atoms with E-state index in [1.165, 1.54) is 44.0 Å². The van der Waals surface area contributed by atoms with E-state index in [2.05, 4.69) is 34.5 Å². The van der Waals surface area contributed by atoms with E-state index in [9.17, 15) is 13.2 Å². The molecule has 178 valence electrons. The van der Waals surface area contributed by atoms with E-state index in [4.69, 9.17) is 0 Å². The van der Waals surface area contributed by atoms with Crippen LogP contribution in [0.1, 0.15) is 65.6 Å². The average molecular weight is 470 g/mol. The highest BCUT2D eigenvalue weighted by molar-refractivity contribution is 7.89. The monoisotopic (exact) mass is 469 g/mol. The molecule has 1 N–H and O–H groups in total. The van der Waals surface area contributed by atoms with Crippen LogP contribution in [0.15, 0.2) is 47.4 Å². The number of carbonyl (C=O) groups excluding carboxylic acids is 1. The summed E-state index contributed by atoms with van der Waals surface area (Å²) < 4.78 is 27.8. The van der Waals surface area contributed by atoms with Gasteiger partial charge in [0.25, 0.3) is 5.91 Å². The summed E-state index contributed by atoms with van der Waals surface area (Å²) in [6.07, 6.45) is 6.73. The summed E-state index contributed by atoms with van der Waals surface area (Å²) in [5, 5.41) is 2.94. The largest absolute Gasteiger partial charge is 0.348 e. The molecule has 0 spiro atoms. The van der Waals surface area contributed by atoms with Gasteiger partial charge in [-0.15, -0.1) is 0 Å². The summed E-state index contributed by atoms with van der Waals surface area (Å²) >= 11 is 0. The fourth-order valence-corrected chi connectivity index (χ4v) is 6.45. The first-order valence-electron chi connectivity index (χ1n) is 12.1. The van der Waals surface area contributed by atoms with Crippen LogP contribution in [0.2, 0.25) is 0 Å². The van der Waals surface area contributed by atoms with Gasteiger partial charge in [0, 0.05) is 31.7 Å². The third kappa shape index (κ3) is 6.02. The minimum Gasteiger partial charge on any atom is -0.348 e. The normalized spacial score (nSPS) is 18.2. The Morgan fingerprint density at radius 1 is 0.848 bits per heavy atom. The standard InChI is InChI=1S/C26H35N3O3S/c1-21-8-13-24(18-25(21)33(31,32)29-16-6-3-7-17-29)26(30)27-19-22-9-11-23(12-10-22)20-28-14-4-2-5-15-28/h8-13,18H,2-7,14-17,19-20H2,1H3,(H,27,30). The molecule has 0 atom stereocenters. The number of nitrogens with zero attached hydrogens (tertiary/aromatic N) is 2. The molecule has 0 unspecified atom stereocenters. The summed E-state index contributed by atoms with van der Waals surface area (Å²) in [7, 11) is -3.58. The molecule has 2 aromatic rings. The van der Waals surface area contributed by atoms with Gasteiger partial charge in [-0.05, 0) is 74.5 Å². The maximum absolute atomic E-state index is 13.1. The number of benzene rings is 2. The molecule has 2 aliphatic heterocycles. The summed E-state index contributed by atoms with van der Waals surface area (Å²) in [5.74, 6) is -0.262. The van der Waals surface area contributed by atoms with Crippen LogP contribution in [0.5, 0.6) is 0 Å². The maximum atomic E-state index is 13.1. The van der Waals surface area contributed by atoms with E-state index in [1.807, 2.05) is 0 Å². The molecule has 1 amide bonds. The summed E-state index contributed by atoms with van der Waals surface area (Å²) in [6.45, 7) is 6.60. The van der Waals surface area contributed by atoms with Gasteiger partial charge in [-0.2, -0.15) is 4.31 Å². The zero-order chi connectivity index (χ0) is 23.3. The van der Waals surface area contributed by atoms with Crippen LogP contribution in [-0.4, -0.2) is 49.7 Å². The van der Waals surface area contributed by atoms with E-state index in [0.717, 1.165) is 31.4 Å². The number of aryl methyl sites for hydroxylation is 1. The highest BCUT2D eigenvalue weighted by atomic mass is 32.2. The van der Waals surface area contributed by atoms with Crippen LogP contribution in [0.25, 0.3) is 0 Å². The number of sulfonamides is 1. The van der Waals surface area contributed by atoms with Gasteiger partial charge in [-0.3, -0.25) is 9.69 Å². The Kier molecular flexibility index (Phi) is 7.83. The van der Waals surface area contributed by atoms with Crippen molar-refractivity contribution in [2.45, 2.75) is 63.4 Å². The summed E-state index contributed by atoms with van der Waals surface area (Å²) in [6, 6.07) is 13.3.